The van der Waals surface area contributed by atoms with Crippen LogP contribution in [0.1, 0.15) is 0 Å². The lowest BCUT2D eigenvalue weighted by Gasteiger charge is -2.18. The Balaban J connectivity index is 1.11. The molecule has 0 aliphatic carbocycles. The van der Waals surface area contributed by atoms with Crippen molar-refractivity contribution in [3.05, 3.63) is 188 Å². The first kappa shape index (κ1) is 28.9. The zero-order chi connectivity index (χ0) is 34.2. The summed E-state index contributed by atoms with van der Waals surface area (Å²) < 4.78 is 8.87. The summed E-state index contributed by atoms with van der Waals surface area (Å²) in [7, 11) is 0. The van der Waals surface area contributed by atoms with E-state index in [1.165, 1.54) is 65.6 Å². The normalized spacial score (nSPS) is 11.8. The van der Waals surface area contributed by atoms with Gasteiger partial charge in [-0.2, -0.15) is 0 Å². The lowest BCUT2D eigenvalue weighted by molar-refractivity contribution is 0.670. The first-order valence-corrected chi connectivity index (χ1v) is 17.9. The second kappa shape index (κ2) is 11.3. The number of benzene rings is 9. The van der Waals surface area contributed by atoms with E-state index in [2.05, 4.69) is 180 Å². The lowest BCUT2D eigenvalue weighted by atomic mass is 9.86. The first-order chi connectivity index (χ1) is 25.8. The zero-order valence-corrected chi connectivity index (χ0v) is 28.3. The molecule has 0 N–H and O–H groups in total. The van der Waals surface area contributed by atoms with E-state index in [-0.39, 0.29) is 0 Å². The van der Waals surface area contributed by atoms with E-state index in [9.17, 15) is 0 Å². The van der Waals surface area contributed by atoms with Crippen molar-refractivity contribution in [3.63, 3.8) is 0 Å². The van der Waals surface area contributed by atoms with Gasteiger partial charge in [-0.1, -0.05) is 158 Å². The summed E-state index contributed by atoms with van der Waals surface area (Å²) in [6.45, 7) is 0. The SMILES string of the molecule is c1ccc(-c2c3ccccc3c(-c3ccc(-n4c5ccccc5c5ccc(-c6cccc7c6oc6ccccc67)cc54)cc3)c3ccccc23)cc1. The topological polar surface area (TPSA) is 18.1 Å². The number of furan rings is 1. The molecule has 2 heteroatoms. The van der Waals surface area contributed by atoms with Gasteiger partial charge in [0.2, 0.25) is 0 Å². The third kappa shape index (κ3) is 4.25. The third-order valence-corrected chi connectivity index (χ3v) is 10.8. The van der Waals surface area contributed by atoms with E-state index in [0.717, 1.165) is 38.8 Å². The molecule has 0 unspecified atom stereocenters. The molecule has 52 heavy (non-hydrogen) atoms. The van der Waals surface area contributed by atoms with Gasteiger partial charge in [0.15, 0.2) is 0 Å². The van der Waals surface area contributed by atoms with E-state index >= 15 is 0 Å². The molecule has 0 fully saturated rings. The Morgan fingerprint density at radius 2 is 0.846 bits per heavy atom. The summed E-state index contributed by atoms with van der Waals surface area (Å²) in [4.78, 5) is 0. The predicted octanol–water partition coefficient (Wildman–Crippen LogP) is 14.0. The molecule has 11 aromatic rings. The Hall–Kier alpha value is -6.90. The van der Waals surface area contributed by atoms with Gasteiger partial charge in [-0.05, 0) is 79.7 Å². The number of rotatable bonds is 4. The highest BCUT2D eigenvalue weighted by Crippen LogP contribution is 2.44. The minimum Gasteiger partial charge on any atom is -0.455 e. The van der Waals surface area contributed by atoms with Crippen LogP contribution in [-0.4, -0.2) is 4.57 Å². The highest BCUT2D eigenvalue weighted by Gasteiger charge is 2.19. The maximum absolute atomic E-state index is 6.47. The monoisotopic (exact) mass is 661 g/mol. The molecule has 9 aromatic carbocycles. The first-order valence-electron chi connectivity index (χ1n) is 17.9. The molecule has 0 aliphatic heterocycles. The number of para-hydroxylation sites is 3. The predicted molar refractivity (Wildman–Crippen MR) is 219 cm³/mol. The third-order valence-electron chi connectivity index (χ3n) is 10.8. The summed E-state index contributed by atoms with van der Waals surface area (Å²) in [5.74, 6) is 0. The summed E-state index contributed by atoms with van der Waals surface area (Å²) in [5.41, 5.74) is 12.5. The van der Waals surface area contributed by atoms with Crippen LogP contribution in [0.4, 0.5) is 0 Å². The van der Waals surface area contributed by atoms with Crippen LogP contribution in [0.5, 0.6) is 0 Å². The Morgan fingerprint density at radius 3 is 1.54 bits per heavy atom. The fourth-order valence-corrected chi connectivity index (χ4v) is 8.52. The van der Waals surface area contributed by atoms with Crippen molar-refractivity contribution in [2.24, 2.45) is 0 Å². The van der Waals surface area contributed by atoms with Crippen molar-refractivity contribution >= 4 is 65.3 Å². The van der Waals surface area contributed by atoms with Gasteiger partial charge in [0.25, 0.3) is 0 Å². The van der Waals surface area contributed by atoms with E-state index in [4.69, 9.17) is 4.42 Å². The molecule has 2 heterocycles. The van der Waals surface area contributed by atoms with Gasteiger partial charge < -0.3 is 8.98 Å². The van der Waals surface area contributed by atoms with Crippen LogP contribution < -0.4 is 0 Å². The largest absolute Gasteiger partial charge is 0.455 e. The smallest absolute Gasteiger partial charge is 0.143 e. The van der Waals surface area contributed by atoms with Crippen molar-refractivity contribution in [2.75, 3.05) is 0 Å². The fraction of sp³-hybridized carbons (Fsp3) is 0. The van der Waals surface area contributed by atoms with E-state index in [1.807, 2.05) is 12.1 Å². The van der Waals surface area contributed by atoms with Crippen LogP contribution in [0.2, 0.25) is 0 Å². The molecule has 2 nitrogen and oxygen atoms in total. The van der Waals surface area contributed by atoms with Crippen molar-refractivity contribution in [1.29, 1.82) is 0 Å². The quantitative estimate of drug-likeness (QED) is 0.172. The summed E-state index contributed by atoms with van der Waals surface area (Å²) in [5, 5.41) is 9.80. The van der Waals surface area contributed by atoms with Crippen LogP contribution in [-0.2, 0) is 0 Å². The van der Waals surface area contributed by atoms with Crippen molar-refractivity contribution in [2.45, 2.75) is 0 Å². The van der Waals surface area contributed by atoms with E-state index in [1.54, 1.807) is 0 Å². The Morgan fingerprint density at radius 1 is 0.327 bits per heavy atom. The molecule has 0 amide bonds. The highest BCUT2D eigenvalue weighted by molar-refractivity contribution is 6.21. The molecule has 2 aromatic heterocycles. The van der Waals surface area contributed by atoms with Crippen molar-refractivity contribution < 1.29 is 4.42 Å². The number of fused-ring (bicyclic) bond motifs is 8. The molecule has 0 spiro atoms. The lowest BCUT2D eigenvalue weighted by Crippen LogP contribution is -1.95. The van der Waals surface area contributed by atoms with Crippen LogP contribution in [0.25, 0.3) is 104 Å². The summed E-state index contributed by atoms with van der Waals surface area (Å²) in [6, 6.07) is 68.0. The number of hydrogen-bond acceptors (Lipinski definition) is 1. The number of hydrogen-bond donors (Lipinski definition) is 0. The van der Waals surface area contributed by atoms with Crippen molar-refractivity contribution in [3.8, 4) is 39.1 Å². The Bertz CT molecular complexity index is 3110. The van der Waals surface area contributed by atoms with E-state index < -0.39 is 0 Å². The van der Waals surface area contributed by atoms with Gasteiger partial charge in [0, 0.05) is 32.8 Å². The van der Waals surface area contributed by atoms with Crippen molar-refractivity contribution in [1.82, 2.24) is 4.57 Å². The van der Waals surface area contributed by atoms with Crippen LogP contribution in [0.15, 0.2) is 192 Å². The average Bonchev–Trinajstić information content (AvgIpc) is 3.76. The molecule has 0 radical (unpaired) electrons. The average molecular weight is 662 g/mol. The molecular formula is C50H31NO. The fourth-order valence-electron chi connectivity index (χ4n) is 8.52. The molecule has 0 atom stereocenters. The van der Waals surface area contributed by atoms with Gasteiger partial charge in [0.1, 0.15) is 11.2 Å². The Labute approximate surface area is 300 Å². The zero-order valence-electron chi connectivity index (χ0n) is 28.3. The van der Waals surface area contributed by atoms with Crippen LogP contribution in [0, 0.1) is 0 Å². The van der Waals surface area contributed by atoms with Crippen LogP contribution in [0.3, 0.4) is 0 Å². The molecule has 0 bridgehead atoms. The van der Waals surface area contributed by atoms with Crippen LogP contribution >= 0.6 is 0 Å². The molecule has 11 rings (SSSR count). The maximum atomic E-state index is 6.47. The van der Waals surface area contributed by atoms with Gasteiger partial charge in [0.05, 0.1) is 11.0 Å². The number of aromatic nitrogens is 1. The summed E-state index contributed by atoms with van der Waals surface area (Å²) in [6.07, 6.45) is 0. The van der Waals surface area contributed by atoms with Gasteiger partial charge >= 0.3 is 0 Å². The summed E-state index contributed by atoms with van der Waals surface area (Å²) >= 11 is 0. The van der Waals surface area contributed by atoms with Gasteiger partial charge in [-0.25, -0.2) is 0 Å². The highest BCUT2D eigenvalue weighted by atomic mass is 16.3. The second-order valence-electron chi connectivity index (χ2n) is 13.6. The second-order valence-corrected chi connectivity index (χ2v) is 13.6. The Kier molecular flexibility index (Phi) is 6.28. The maximum Gasteiger partial charge on any atom is 0.143 e. The molecule has 0 saturated carbocycles. The standard InChI is InChI=1S/C50H31NO/c1-2-13-32(14-3-1)48-40-17-4-6-19-42(40)49(43-20-7-5-18-41(43)48)33-25-28-35(29-26-33)51-45-23-10-8-15-37(45)38-30-27-34(31-46(38)51)36-21-12-22-44-39-16-9-11-24-47(39)52-50(36)44/h1-31H. The molecular weight excluding hydrogens is 631 g/mol. The minimum absolute atomic E-state index is 0.912. The van der Waals surface area contributed by atoms with Gasteiger partial charge in [-0.15, -0.1) is 0 Å². The van der Waals surface area contributed by atoms with Gasteiger partial charge in [-0.3, -0.25) is 0 Å². The molecule has 0 aliphatic rings. The minimum atomic E-state index is 0.912. The molecule has 242 valence electrons. The number of nitrogens with zero attached hydrogens (tertiary/aromatic N) is 1. The van der Waals surface area contributed by atoms with E-state index in [0.29, 0.717) is 0 Å². The molecule has 0 saturated heterocycles.